The second kappa shape index (κ2) is 4.55. The molecule has 2 N–H and O–H groups in total. The fourth-order valence-electron chi connectivity index (χ4n) is 1.50. The van der Waals surface area contributed by atoms with Gasteiger partial charge < -0.3 is 5.11 Å². The summed E-state index contributed by atoms with van der Waals surface area (Å²) < 4.78 is 0. The zero-order valence-electron chi connectivity index (χ0n) is 8.40. The Labute approximate surface area is 96.9 Å². The molecular formula is C10H13NO2S2. The molecule has 2 heterocycles. The van der Waals surface area contributed by atoms with Crippen LogP contribution in [0, 0.1) is 0 Å². The lowest BCUT2D eigenvalue weighted by molar-refractivity contribution is -0.138. The summed E-state index contributed by atoms with van der Waals surface area (Å²) in [5, 5.41) is 12.1. The summed E-state index contributed by atoms with van der Waals surface area (Å²) in [4.78, 5) is 13.4. The van der Waals surface area contributed by atoms with Gasteiger partial charge in [-0.3, -0.25) is 10.1 Å². The summed E-state index contributed by atoms with van der Waals surface area (Å²) in [6.07, 6.45) is 1.05. The highest BCUT2D eigenvalue weighted by molar-refractivity contribution is 7.99. The number of carbonyl (C=O) groups is 1. The van der Waals surface area contributed by atoms with Crippen molar-refractivity contribution in [2.45, 2.75) is 24.8 Å². The third-order valence-electron chi connectivity index (χ3n) is 2.37. The minimum atomic E-state index is -0.753. The van der Waals surface area contributed by atoms with Crippen LogP contribution in [-0.4, -0.2) is 22.9 Å². The normalized spacial score (nSPS) is 25.7. The maximum Gasteiger partial charge on any atom is 0.321 e. The van der Waals surface area contributed by atoms with Crippen LogP contribution in [0.25, 0.3) is 0 Å². The molecular weight excluding hydrogens is 230 g/mol. The van der Waals surface area contributed by atoms with Crippen LogP contribution in [0.3, 0.4) is 0 Å². The molecule has 1 aliphatic heterocycles. The van der Waals surface area contributed by atoms with Crippen molar-refractivity contribution in [2.24, 2.45) is 0 Å². The van der Waals surface area contributed by atoms with Crippen LogP contribution in [0.4, 0.5) is 0 Å². The number of nitrogens with one attached hydrogen (secondary N) is 1. The Kier molecular flexibility index (Phi) is 3.33. The fraction of sp³-hybridized carbons (Fsp3) is 0.500. The molecule has 1 fully saturated rings. The van der Waals surface area contributed by atoms with Crippen LogP contribution in [0.2, 0.25) is 0 Å². The lowest BCUT2D eigenvalue weighted by Gasteiger charge is -2.07. The van der Waals surface area contributed by atoms with Crippen LogP contribution in [0.1, 0.15) is 22.1 Å². The molecule has 0 radical (unpaired) electrons. The number of hydrogen-bond donors (Lipinski definition) is 2. The maximum atomic E-state index is 10.8. The van der Waals surface area contributed by atoms with Crippen LogP contribution in [0.15, 0.2) is 12.1 Å². The van der Waals surface area contributed by atoms with Crippen LogP contribution < -0.4 is 5.32 Å². The highest BCUT2D eigenvalue weighted by Crippen LogP contribution is 2.36. The Morgan fingerprint density at radius 2 is 2.47 bits per heavy atom. The van der Waals surface area contributed by atoms with Gasteiger partial charge in [0.25, 0.3) is 0 Å². The van der Waals surface area contributed by atoms with Crippen molar-refractivity contribution in [1.29, 1.82) is 0 Å². The lowest BCUT2D eigenvalue weighted by Crippen LogP contribution is -2.33. The van der Waals surface area contributed by atoms with Gasteiger partial charge in [0, 0.05) is 15.5 Å². The van der Waals surface area contributed by atoms with Crippen molar-refractivity contribution in [3.8, 4) is 0 Å². The molecule has 0 aromatic carbocycles. The van der Waals surface area contributed by atoms with Crippen molar-refractivity contribution in [3.05, 3.63) is 21.9 Å². The molecule has 15 heavy (non-hydrogen) atoms. The Bertz CT molecular complexity index is 364. The molecule has 1 aromatic rings. The van der Waals surface area contributed by atoms with E-state index in [1.165, 1.54) is 9.75 Å². The smallest absolute Gasteiger partial charge is 0.321 e. The first-order valence-electron chi connectivity index (χ1n) is 4.89. The fourth-order valence-corrected chi connectivity index (χ4v) is 3.87. The summed E-state index contributed by atoms with van der Waals surface area (Å²) >= 11 is 3.44. The highest BCUT2D eigenvalue weighted by Gasteiger charge is 2.30. The molecule has 1 aliphatic rings. The predicted octanol–water partition coefficient (Wildman–Crippen LogP) is 2.10. The topological polar surface area (TPSA) is 49.3 Å². The summed E-state index contributed by atoms with van der Waals surface area (Å²) in [7, 11) is 0. The van der Waals surface area contributed by atoms with E-state index in [1.807, 2.05) is 0 Å². The summed E-state index contributed by atoms with van der Waals surface area (Å²) in [6.45, 7) is 2.13. The van der Waals surface area contributed by atoms with E-state index in [0.717, 1.165) is 6.42 Å². The van der Waals surface area contributed by atoms with Crippen LogP contribution in [0.5, 0.6) is 0 Å². The zero-order valence-corrected chi connectivity index (χ0v) is 10.0. The Hall–Kier alpha value is -0.520. The molecule has 82 valence electrons. The average Bonchev–Trinajstić information content (AvgIpc) is 2.86. The van der Waals surface area contributed by atoms with Crippen molar-refractivity contribution >= 4 is 29.1 Å². The second-order valence-corrected chi connectivity index (χ2v) is 5.77. The molecule has 0 bridgehead atoms. The molecule has 1 unspecified atom stereocenters. The summed E-state index contributed by atoms with van der Waals surface area (Å²) in [6, 6.07) is 3.82. The third kappa shape index (κ3) is 2.35. The Balaban J connectivity index is 2.04. The third-order valence-corrected chi connectivity index (χ3v) is 5.06. The van der Waals surface area contributed by atoms with Crippen LogP contribution in [-0.2, 0) is 11.2 Å². The van der Waals surface area contributed by atoms with E-state index in [0.29, 0.717) is 5.75 Å². The summed E-state index contributed by atoms with van der Waals surface area (Å²) in [5.41, 5.74) is 0. The first kappa shape index (κ1) is 11.0. The second-order valence-electron chi connectivity index (χ2n) is 3.43. The molecule has 0 amide bonds. The molecule has 5 heteroatoms. The maximum absolute atomic E-state index is 10.8. The van der Waals surface area contributed by atoms with Gasteiger partial charge in [-0.05, 0) is 18.6 Å². The number of rotatable bonds is 3. The molecule has 0 aliphatic carbocycles. The first-order chi connectivity index (χ1) is 7.20. The van der Waals surface area contributed by atoms with Crippen molar-refractivity contribution in [1.82, 2.24) is 5.32 Å². The van der Waals surface area contributed by atoms with Gasteiger partial charge in [0.2, 0.25) is 0 Å². The number of aliphatic carboxylic acids is 1. The Morgan fingerprint density at radius 1 is 1.67 bits per heavy atom. The minimum Gasteiger partial charge on any atom is -0.480 e. The number of carboxylic acid groups (broad SMARTS) is 1. The molecule has 1 aromatic heterocycles. The Morgan fingerprint density at radius 3 is 3.00 bits per heavy atom. The van der Waals surface area contributed by atoms with Gasteiger partial charge in [0.15, 0.2) is 0 Å². The predicted molar refractivity (Wildman–Crippen MR) is 63.5 cm³/mol. The SMILES string of the molecule is CCc1ccc(C2N[C@@H](C(=O)O)CS2)s1. The number of carboxylic acids is 1. The lowest BCUT2D eigenvalue weighted by atomic mass is 10.3. The molecule has 1 saturated heterocycles. The van der Waals surface area contributed by atoms with Crippen molar-refractivity contribution in [2.75, 3.05) is 5.75 Å². The van der Waals surface area contributed by atoms with Crippen molar-refractivity contribution < 1.29 is 9.90 Å². The van der Waals surface area contributed by atoms with E-state index >= 15 is 0 Å². The number of thioether (sulfide) groups is 1. The van der Waals surface area contributed by atoms with E-state index in [-0.39, 0.29) is 5.37 Å². The number of thiophene rings is 1. The average molecular weight is 243 g/mol. The standard InChI is InChI=1S/C10H13NO2S2/c1-2-6-3-4-8(15-6)9-11-7(5-14-9)10(12)13/h3-4,7,9,11H,2,5H2,1H3,(H,12,13)/t7-,9?/m1/s1. The highest BCUT2D eigenvalue weighted by atomic mass is 32.2. The van der Waals surface area contributed by atoms with Gasteiger partial charge in [0.1, 0.15) is 6.04 Å². The van der Waals surface area contributed by atoms with E-state index in [1.54, 1.807) is 23.1 Å². The molecule has 3 nitrogen and oxygen atoms in total. The monoisotopic (exact) mass is 243 g/mol. The van der Waals surface area contributed by atoms with Gasteiger partial charge >= 0.3 is 5.97 Å². The van der Waals surface area contributed by atoms with Crippen LogP contribution >= 0.6 is 23.1 Å². The molecule has 0 spiro atoms. The van der Waals surface area contributed by atoms with Crippen molar-refractivity contribution in [3.63, 3.8) is 0 Å². The number of aryl methyl sites for hydroxylation is 1. The van der Waals surface area contributed by atoms with E-state index in [2.05, 4.69) is 24.4 Å². The van der Waals surface area contributed by atoms with Gasteiger partial charge in [-0.1, -0.05) is 6.92 Å². The molecule has 2 atom stereocenters. The minimum absolute atomic E-state index is 0.163. The molecule has 0 saturated carbocycles. The van der Waals surface area contributed by atoms with Gasteiger partial charge in [-0.2, -0.15) is 0 Å². The largest absolute Gasteiger partial charge is 0.480 e. The zero-order chi connectivity index (χ0) is 10.8. The van der Waals surface area contributed by atoms with E-state index in [9.17, 15) is 4.79 Å². The van der Waals surface area contributed by atoms with E-state index < -0.39 is 12.0 Å². The summed E-state index contributed by atoms with van der Waals surface area (Å²) in [5.74, 6) is -0.100. The van der Waals surface area contributed by atoms with E-state index in [4.69, 9.17) is 5.11 Å². The van der Waals surface area contributed by atoms with Gasteiger partial charge in [0.05, 0.1) is 5.37 Å². The quantitative estimate of drug-likeness (QED) is 0.853. The first-order valence-corrected chi connectivity index (χ1v) is 6.76. The van der Waals surface area contributed by atoms with Gasteiger partial charge in [-0.25, -0.2) is 0 Å². The molecule has 2 rings (SSSR count). The van der Waals surface area contributed by atoms with Gasteiger partial charge in [-0.15, -0.1) is 23.1 Å². The number of hydrogen-bond acceptors (Lipinski definition) is 4.